The highest BCUT2D eigenvalue weighted by Crippen LogP contribution is 2.17. The number of amides is 1. The number of para-hydroxylation sites is 1. The van der Waals surface area contributed by atoms with Crippen LogP contribution in [0.5, 0.6) is 5.88 Å². The number of aromatic nitrogens is 4. The first-order valence-corrected chi connectivity index (χ1v) is 8.57. The predicted octanol–water partition coefficient (Wildman–Crippen LogP) is 2.51. The van der Waals surface area contributed by atoms with Gasteiger partial charge in [-0.1, -0.05) is 18.2 Å². The lowest BCUT2D eigenvalue weighted by Gasteiger charge is -2.08. The standard InChI is InChI=1S/C19H23N5O2/c1-14-12-15(2)23(21-14)11-7-10-20-19(25)17-13-18(26-3)22-24(17)16-8-5-4-6-9-16/h4-6,8-9,12-13H,7,10-11H2,1-3H3,(H,20,25). The van der Waals surface area contributed by atoms with E-state index in [9.17, 15) is 4.79 Å². The molecule has 0 aliphatic rings. The fraction of sp³-hybridized carbons (Fsp3) is 0.316. The fourth-order valence-corrected chi connectivity index (χ4v) is 2.81. The minimum atomic E-state index is -0.182. The molecule has 0 atom stereocenters. The Labute approximate surface area is 152 Å². The molecule has 1 aromatic carbocycles. The average molecular weight is 353 g/mol. The molecule has 3 rings (SSSR count). The third kappa shape index (κ3) is 3.93. The number of nitrogens with one attached hydrogen (secondary N) is 1. The second kappa shape index (κ2) is 7.86. The molecule has 0 bridgehead atoms. The Morgan fingerprint density at radius 2 is 1.92 bits per heavy atom. The first kappa shape index (κ1) is 17.7. The highest BCUT2D eigenvalue weighted by atomic mass is 16.5. The SMILES string of the molecule is COc1cc(C(=O)NCCCn2nc(C)cc2C)n(-c2ccccc2)n1. The molecule has 0 fully saturated rings. The zero-order valence-electron chi connectivity index (χ0n) is 15.3. The van der Waals surface area contributed by atoms with E-state index < -0.39 is 0 Å². The number of methoxy groups -OCH3 is 1. The van der Waals surface area contributed by atoms with E-state index in [0.717, 1.165) is 30.0 Å². The molecule has 3 aromatic rings. The molecule has 136 valence electrons. The molecule has 0 saturated heterocycles. The van der Waals surface area contributed by atoms with Gasteiger partial charge in [0.1, 0.15) is 5.69 Å². The number of rotatable bonds is 7. The summed E-state index contributed by atoms with van der Waals surface area (Å²) in [5.41, 5.74) is 3.38. The van der Waals surface area contributed by atoms with Crippen LogP contribution >= 0.6 is 0 Å². The van der Waals surface area contributed by atoms with Gasteiger partial charge in [-0.15, -0.1) is 5.10 Å². The Balaban J connectivity index is 1.64. The van der Waals surface area contributed by atoms with Crippen molar-refractivity contribution in [2.45, 2.75) is 26.8 Å². The van der Waals surface area contributed by atoms with E-state index in [-0.39, 0.29) is 5.91 Å². The highest BCUT2D eigenvalue weighted by Gasteiger charge is 2.16. The highest BCUT2D eigenvalue weighted by molar-refractivity contribution is 5.93. The van der Waals surface area contributed by atoms with E-state index in [2.05, 4.69) is 15.5 Å². The third-order valence-corrected chi connectivity index (χ3v) is 4.07. The quantitative estimate of drug-likeness (QED) is 0.663. The molecule has 1 amide bonds. The Bertz CT molecular complexity index is 883. The molecule has 0 aliphatic heterocycles. The maximum Gasteiger partial charge on any atom is 0.270 e. The Morgan fingerprint density at radius 1 is 1.15 bits per heavy atom. The molecule has 0 saturated carbocycles. The van der Waals surface area contributed by atoms with E-state index in [0.29, 0.717) is 18.1 Å². The molecule has 1 N–H and O–H groups in total. The molecule has 2 aromatic heterocycles. The lowest BCUT2D eigenvalue weighted by atomic mass is 10.3. The van der Waals surface area contributed by atoms with Crippen molar-refractivity contribution in [1.29, 1.82) is 0 Å². The lowest BCUT2D eigenvalue weighted by molar-refractivity contribution is 0.0945. The van der Waals surface area contributed by atoms with Crippen molar-refractivity contribution in [3.63, 3.8) is 0 Å². The Kier molecular flexibility index (Phi) is 5.36. The molecule has 7 nitrogen and oxygen atoms in total. The molecule has 2 heterocycles. The number of carbonyl (C=O) groups is 1. The van der Waals surface area contributed by atoms with Crippen LogP contribution in [0.3, 0.4) is 0 Å². The van der Waals surface area contributed by atoms with Crippen LogP contribution in [-0.2, 0) is 6.54 Å². The first-order valence-electron chi connectivity index (χ1n) is 8.57. The maximum absolute atomic E-state index is 12.6. The van der Waals surface area contributed by atoms with Crippen molar-refractivity contribution < 1.29 is 9.53 Å². The summed E-state index contributed by atoms with van der Waals surface area (Å²) in [5, 5.41) is 11.7. The van der Waals surface area contributed by atoms with Crippen molar-refractivity contribution in [1.82, 2.24) is 24.9 Å². The van der Waals surface area contributed by atoms with Crippen molar-refractivity contribution in [3.05, 3.63) is 59.5 Å². The smallest absolute Gasteiger partial charge is 0.270 e. The summed E-state index contributed by atoms with van der Waals surface area (Å²) in [6, 6.07) is 13.2. The van der Waals surface area contributed by atoms with Crippen molar-refractivity contribution in [2.75, 3.05) is 13.7 Å². The van der Waals surface area contributed by atoms with Crippen LogP contribution in [0.15, 0.2) is 42.5 Å². The second-order valence-electron chi connectivity index (χ2n) is 6.08. The van der Waals surface area contributed by atoms with Gasteiger partial charge in [0, 0.05) is 24.8 Å². The largest absolute Gasteiger partial charge is 0.480 e. The summed E-state index contributed by atoms with van der Waals surface area (Å²) in [4.78, 5) is 12.6. The van der Waals surface area contributed by atoms with E-state index >= 15 is 0 Å². The molecule has 0 radical (unpaired) electrons. The van der Waals surface area contributed by atoms with Gasteiger partial charge in [0.05, 0.1) is 18.5 Å². The minimum absolute atomic E-state index is 0.182. The minimum Gasteiger partial charge on any atom is -0.480 e. The second-order valence-corrected chi connectivity index (χ2v) is 6.08. The first-order chi connectivity index (χ1) is 12.6. The number of benzene rings is 1. The average Bonchev–Trinajstić information content (AvgIpc) is 3.22. The summed E-state index contributed by atoms with van der Waals surface area (Å²) in [6.07, 6.45) is 0.796. The van der Waals surface area contributed by atoms with Crippen LogP contribution in [0.25, 0.3) is 5.69 Å². The topological polar surface area (TPSA) is 74.0 Å². The number of carbonyl (C=O) groups excluding carboxylic acids is 1. The van der Waals surface area contributed by atoms with Gasteiger partial charge < -0.3 is 10.1 Å². The molecular weight excluding hydrogens is 330 g/mol. The number of nitrogens with zero attached hydrogens (tertiary/aromatic N) is 4. The molecule has 0 unspecified atom stereocenters. The maximum atomic E-state index is 12.6. The van der Waals surface area contributed by atoms with Gasteiger partial charge in [-0.2, -0.15) is 5.10 Å². The molecule has 0 spiro atoms. The van der Waals surface area contributed by atoms with Crippen LogP contribution in [0.4, 0.5) is 0 Å². The zero-order chi connectivity index (χ0) is 18.5. The molecule has 26 heavy (non-hydrogen) atoms. The summed E-state index contributed by atoms with van der Waals surface area (Å²) in [5.74, 6) is 0.222. The van der Waals surface area contributed by atoms with Gasteiger partial charge in [-0.3, -0.25) is 9.48 Å². The fourth-order valence-electron chi connectivity index (χ4n) is 2.81. The van der Waals surface area contributed by atoms with Crippen molar-refractivity contribution in [2.24, 2.45) is 0 Å². The Morgan fingerprint density at radius 3 is 2.58 bits per heavy atom. The van der Waals surface area contributed by atoms with Crippen LogP contribution in [0.1, 0.15) is 28.3 Å². The van der Waals surface area contributed by atoms with Gasteiger partial charge in [-0.05, 0) is 38.5 Å². The molecule has 7 heteroatoms. The van der Waals surface area contributed by atoms with Crippen molar-refractivity contribution >= 4 is 5.91 Å². The van der Waals surface area contributed by atoms with Gasteiger partial charge in [0.25, 0.3) is 5.91 Å². The summed E-state index contributed by atoms with van der Waals surface area (Å²) >= 11 is 0. The van der Waals surface area contributed by atoms with Crippen molar-refractivity contribution in [3.8, 4) is 11.6 Å². The summed E-state index contributed by atoms with van der Waals surface area (Å²) in [7, 11) is 1.54. The summed E-state index contributed by atoms with van der Waals surface area (Å²) < 4.78 is 8.73. The van der Waals surface area contributed by atoms with Crippen LogP contribution in [0, 0.1) is 13.8 Å². The zero-order valence-corrected chi connectivity index (χ0v) is 15.3. The molecule has 0 aliphatic carbocycles. The summed E-state index contributed by atoms with van der Waals surface area (Å²) in [6.45, 7) is 5.33. The number of ether oxygens (including phenoxy) is 1. The van der Waals surface area contributed by atoms with E-state index in [1.54, 1.807) is 10.7 Å². The monoisotopic (exact) mass is 353 g/mol. The van der Waals surface area contributed by atoms with Gasteiger partial charge in [0.15, 0.2) is 0 Å². The normalized spacial score (nSPS) is 10.7. The third-order valence-electron chi connectivity index (χ3n) is 4.07. The van der Waals surface area contributed by atoms with Gasteiger partial charge >= 0.3 is 0 Å². The lowest BCUT2D eigenvalue weighted by Crippen LogP contribution is -2.27. The number of hydrogen-bond acceptors (Lipinski definition) is 4. The number of hydrogen-bond donors (Lipinski definition) is 1. The van der Waals surface area contributed by atoms with Crippen LogP contribution in [-0.4, -0.2) is 39.1 Å². The van der Waals surface area contributed by atoms with Crippen LogP contribution < -0.4 is 10.1 Å². The van der Waals surface area contributed by atoms with Gasteiger partial charge in [-0.25, -0.2) is 4.68 Å². The van der Waals surface area contributed by atoms with Crippen LogP contribution in [0.2, 0.25) is 0 Å². The predicted molar refractivity (Wildman–Crippen MR) is 98.8 cm³/mol. The van der Waals surface area contributed by atoms with Gasteiger partial charge in [0.2, 0.25) is 5.88 Å². The number of aryl methyl sites for hydroxylation is 3. The van der Waals surface area contributed by atoms with E-state index in [1.807, 2.05) is 54.9 Å². The van der Waals surface area contributed by atoms with E-state index in [1.165, 1.54) is 7.11 Å². The van der Waals surface area contributed by atoms with E-state index in [4.69, 9.17) is 4.74 Å². The Hall–Kier alpha value is -3.09. The molecular formula is C19H23N5O2.